The third kappa shape index (κ3) is 1.98. The second kappa shape index (κ2) is 4.65. The Bertz CT molecular complexity index is 440. The van der Waals surface area contributed by atoms with Crippen molar-refractivity contribution < 1.29 is 19.1 Å². The van der Waals surface area contributed by atoms with Gasteiger partial charge in [0, 0.05) is 0 Å². The van der Waals surface area contributed by atoms with Crippen LogP contribution in [0.5, 0.6) is 0 Å². The first-order valence-corrected chi connectivity index (χ1v) is 4.58. The van der Waals surface area contributed by atoms with Gasteiger partial charge < -0.3 is 15.2 Å². The van der Waals surface area contributed by atoms with Crippen LogP contribution in [0, 0.1) is 6.92 Å². The molecule has 0 radical (unpaired) electrons. The molecule has 0 spiro atoms. The summed E-state index contributed by atoms with van der Waals surface area (Å²) in [4.78, 5) is 22.8. The average Bonchev–Trinajstić information content (AvgIpc) is 2.28. The summed E-state index contributed by atoms with van der Waals surface area (Å²) in [6.45, 7) is 1.71. The van der Waals surface area contributed by atoms with Crippen LogP contribution >= 0.6 is 0 Å². The molecular formula is C11H13NO4. The van der Waals surface area contributed by atoms with E-state index in [1.807, 2.05) is 0 Å². The highest BCUT2D eigenvalue weighted by Gasteiger charge is 2.19. The van der Waals surface area contributed by atoms with Crippen molar-refractivity contribution in [2.24, 2.45) is 0 Å². The van der Waals surface area contributed by atoms with Gasteiger partial charge in [-0.2, -0.15) is 0 Å². The molecule has 1 aromatic rings. The summed E-state index contributed by atoms with van der Waals surface area (Å²) in [6, 6.07) is 3.14. The Kier molecular flexibility index (Phi) is 3.50. The summed E-state index contributed by atoms with van der Waals surface area (Å²) >= 11 is 0. The Morgan fingerprint density at radius 1 is 1.12 bits per heavy atom. The largest absolute Gasteiger partial charge is 0.465 e. The summed E-state index contributed by atoms with van der Waals surface area (Å²) < 4.78 is 9.15. The van der Waals surface area contributed by atoms with E-state index in [2.05, 4.69) is 9.47 Å². The van der Waals surface area contributed by atoms with E-state index in [1.165, 1.54) is 20.3 Å². The Morgan fingerprint density at radius 2 is 1.69 bits per heavy atom. The minimum atomic E-state index is -0.581. The molecule has 2 N–H and O–H groups in total. The number of nitrogen functional groups attached to an aromatic ring is 1. The van der Waals surface area contributed by atoms with Gasteiger partial charge in [-0.15, -0.1) is 0 Å². The molecule has 1 aromatic carbocycles. The zero-order valence-corrected chi connectivity index (χ0v) is 9.37. The molecule has 0 fully saturated rings. The van der Waals surface area contributed by atoms with Crippen LogP contribution in [0.1, 0.15) is 26.3 Å². The molecule has 86 valence electrons. The lowest BCUT2D eigenvalue weighted by Crippen LogP contribution is -2.13. The van der Waals surface area contributed by atoms with Crippen molar-refractivity contribution in [3.05, 3.63) is 28.8 Å². The molecule has 0 aliphatic rings. The number of methoxy groups -OCH3 is 2. The minimum absolute atomic E-state index is 0.0821. The maximum atomic E-state index is 11.5. The van der Waals surface area contributed by atoms with Gasteiger partial charge in [-0.1, -0.05) is 6.07 Å². The van der Waals surface area contributed by atoms with Gasteiger partial charge in [0.2, 0.25) is 0 Å². The molecule has 0 bridgehead atoms. The number of nitrogens with two attached hydrogens (primary N) is 1. The second-order valence-corrected chi connectivity index (χ2v) is 3.20. The number of ether oxygens (including phenoxy) is 2. The smallest absolute Gasteiger partial charge is 0.340 e. The van der Waals surface area contributed by atoms with Gasteiger partial charge in [0.1, 0.15) is 0 Å². The van der Waals surface area contributed by atoms with Gasteiger partial charge in [-0.3, -0.25) is 0 Å². The molecule has 0 aliphatic heterocycles. The van der Waals surface area contributed by atoms with E-state index >= 15 is 0 Å². The van der Waals surface area contributed by atoms with Crippen molar-refractivity contribution in [1.29, 1.82) is 0 Å². The third-order valence-electron chi connectivity index (χ3n) is 2.25. The lowest BCUT2D eigenvalue weighted by Gasteiger charge is -2.10. The standard InChI is InChI=1S/C11H13NO4/c1-6-4-5-7(10(13)15-2)9(12)8(6)11(14)16-3/h4-5H,12H2,1-3H3. The fourth-order valence-corrected chi connectivity index (χ4v) is 1.39. The number of hydrogen-bond acceptors (Lipinski definition) is 5. The highest BCUT2D eigenvalue weighted by molar-refractivity contribution is 6.04. The van der Waals surface area contributed by atoms with Crippen LogP contribution in [0.2, 0.25) is 0 Å². The van der Waals surface area contributed by atoms with Gasteiger partial charge in [0.05, 0.1) is 31.0 Å². The van der Waals surface area contributed by atoms with E-state index in [-0.39, 0.29) is 16.8 Å². The molecule has 0 unspecified atom stereocenters. The van der Waals surface area contributed by atoms with Crippen molar-refractivity contribution in [3.8, 4) is 0 Å². The third-order valence-corrected chi connectivity index (χ3v) is 2.25. The summed E-state index contributed by atoms with van der Waals surface area (Å²) in [7, 11) is 2.51. The number of aryl methyl sites for hydroxylation is 1. The van der Waals surface area contributed by atoms with Crippen LogP contribution in [-0.2, 0) is 9.47 Å². The molecule has 0 aliphatic carbocycles. The molecule has 0 amide bonds. The van der Waals surface area contributed by atoms with Crippen LogP contribution in [0.3, 0.4) is 0 Å². The van der Waals surface area contributed by atoms with E-state index in [0.29, 0.717) is 5.56 Å². The molecule has 0 heterocycles. The van der Waals surface area contributed by atoms with Crippen molar-refractivity contribution in [3.63, 3.8) is 0 Å². The maximum Gasteiger partial charge on any atom is 0.340 e. The van der Waals surface area contributed by atoms with Crippen LogP contribution < -0.4 is 5.73 Å². The monoisotopic (exact) mass is 223 g/mol. The molecule has 0 saturated heterocycles. The Labute approximate surface area is 93.1 Å². The number of hydrogen-bond donors (Lipinski definition) is 1. The molecule has 1 rings (SSSR count). The molecule has 5 heteroatoms. The van der Waals surface area contributed by atoms with Crippen LogP contribution in [0.15, 0.2) is 12.1 Å². The molecule has 5 nitrogen and oxygen atoms in total. The number of rotatable bonds is 2. The predicted octanol–water partition coefficient (Wildman–Crippen LogP) is 1.15. The summed E-state index contributed by atoms with van der Waals surface area (Å²) in [5, 5.41) is 0. The summed E-state index contributed by atoms with van der Waals surface area (Å²) in [6.07, 6.45) is 0. The topological polar surface area (TPSA) is 78.6 Å². The van der Waals surface area contributed by atoms with Crippen LogP contribution in [0.25, 0.3) is 0 Å². The number of esters is 2. The van der Waals surface area contributed by atoms with Crippen molar-refractivity contribution in [2.45, 2.75) is 6.92 Å². The van der Waals surface area contributed by atoms with Gasteiger partial charge in [0.15, 0.2) is 0 Å². The zero-order valence-electron chi connectivity index (χ0n) is 9.37. The number of carbonyl (C=O) groups excluding carboxylic acids is 2. The van der Waals surface area contributed by atoms with Gasteiger partial charge in [-0.25, -0.2) is 9.59 Å². The Hall–Kier alpha value is -2.04. The molecule has 16 heavy (non-hydrogen) atoms. The lowest BCUT2D eigenvalue weighted by molar-refractivity contribution is 0.0601. The fourth-order valence-electron chi connectivity index (χ4n) is 1.39. The quantitative estimate of drug-likeness (QED) is 0.601. The van der Waals surface area contributed by atoms with Crippen molar-refractivity contribution >= 4 is 17.6 Å². The van der Waals surface area contributed by atoms with Gasteiger partial charge in [0.25, 0.3) is 0 Å². The molecule has 0 saturated carbocycles. The SMILES string of the molecule is COC(=O)c1ccc(C)c(C(=O)OC)c1N. The normalized spacial score (nSPS) is 9.69. The lowest BCUT2D eigenvalue weighted by atomic mass is 10.0. The first kappa shape index (κ1) is 12.0. The second-order valence-electron chi connectivity index (χ2n) is 3.20. The zero-order chi connectivity index (χ0) is 12.3. The predicted molar refractivity (Wildman–Crippen MR) is 58.3 cm³/mol. The molecule has 0 atom stereocenters. The van der Waals surface area contributed by atoms with E-state index in [9.17, 15) is 9.59 Å². The van der Waals surface area contributed by atoms with E-state index in [1.54, 1.807) is 13.0 Å². The van der Waals surface area contributed by atoms with Crippen molar-refractivity contribution in [1.82, 2.24) is 0 Å². The number of benzene rings is 1. The van der Waals surface area contributed by atoms with Crippen molar-refractivity contribution in [2.75, 3.05) is 20.0 Å². The number of carbonyl (C=O) groups is 2. The molecule has 0 aromatic heterocycles. The highest BCUT2D eigenvalue weighted by Crippen LogP contribution is 2.23. The first-order chi connectivity index (χ1) is 7.52. The fraction of sp³-hybridized carbons (Fsp3) is 0.273. The minimum Gasteiger partial charge on any atom is -0.465 e. The van der Waals surface area contributed by atoms with E-state index in [0.717, 1.165) is 0 Å². The highest BCUT2D eigenvalue weighted by atomic mass is 16.5. The maximum absolute atomic E-state index is 11.5. The van der Waals surface area contributed by atoms with Gasteiger partial charge >= 0.3 is 11.9 Å². The van der Waals surface area contributed by atoms with Gasteiger partial charge in [-0.05, 0) is 18.6 Å². The summed E-state index contributed by atoms with van der Waals surface area (Å²) in [5.74, 6) is -1.15. The Morgan fingerprint density at radius 3 is 2.19 bits per heavy atom. The number of anilines is 1. The molecular weight excluding hydrogens is 210 g/mol. The Balaban J connectivity index is 3.38. The van der Waals surface area contributed by atoms with E-state index in [4.69, 9.17) is 5.73 Å². The summed E-state index contributed by atoms with van der Waals surface area (Å²) in [5.41, 5.74) is 6.83. The van der Waals surface area contributed by atoms with Crippen LogP contribution in [0.4, 0.5) is 5.69 Å². The van der Waals surface area contributed by atoms with Crippen LogP contribution in [-0.4, -0.2) is 26.2 Å². The average molecular weight is 223 g/mol. The van der Waals surface area contributed by atoms with E-state index < -0.39 is 11.9 Å². The first-order valence-electron chi connectivity index (χ1n) is 4.58.